The van der Waals surface area contributed by atoms with Gasteiger partial charge in [-0.15, -0.1) is 0 Å². The van der Waals surface area contributed by atoms with Crippen LogP contribution in [0.4, 0.5) is 42.5 Å². The van der Waals surface area contributed by atoms with Crippen molar-refractivity contribution in [2.24, 2.45) is 11.8 Å². The fourth-order valence-electron chi connectivity index (χ4n) is 12.0. The number of amides is 3. The third kappa shape index (κ3) is 9.62. The van der Waals surface area contributed by atoms with Crippen LogP contribution in [-0.4, -0.2) is 87.0 Å². The quantitative estimate of drug-likeness (QED) is 0.103. The van der Waals surface area contributed by atoms with Crippen molar-refractivity contribution in [3.8, 4) is 0 Å². The second-order valence-electron chi connectivity index (χ2n) is 21.1. The number of hydrogen-bond donors (Lipinski definition) is 3. The Morgan fingerprint density at radius 1 is 0.649 bits per heavy atom. The zero-order valence-electron chi connectivity index (χ0n) is 42.1. The summed E-state index contributed by atoms with van der Waals surface area (Å²) >= 11 is 0. The molecule has 6 aromatic rings. The van der Waals surface area contributed by atoms with Crippen LogP contribution in [0.25, 0.3) is 22.1 Å². The zero-order valence-corrected chi connectivity index (χ0v) is 42.1. The van der Waals surface area contributed by atoms with Crippen LogP contribution in [0, 0.1) is 46.7 Å². The van der Waals surface area contributed by atoms with E-state index in [0.717, 1.165) is 12.5 Å². The molecular formula is C55H61F6N9O4. The number of nitrogens with zero attached hydrogens (tertiary/aromatic N) is 6. The van der Waals surface area contributed by atoms with E-state index in [4.69, 9.17) is 14.7 Å². The number of benzene rings is 4. The summed E-state index contributed by atoms with van der Waals surface area (Å²) in [5.41, 5.74) is 2.11. The van der Waals surface area contributed by atoms with Gasteiger partial charge in [0.2, 0.25) is 11.8 Å². The number of alkyl carbamates (subject to hydrolysis) is 1. The van der Waals surface area contributed by atoms with Crippen molar-refractivity contribution in [3.63, 3.8) is 0 Å². The Balaban J connectivity index is 0.997. The number of nitrogens with one attached hydrogen (secondary N) is 3. The van der Waals surface area contributed by atoms with Gasteiger partial charge >= 0.3 is 6.09 Å². The lowest BCUT2D eigenvalue weighted by Gasteiger charge is -2.36. The minimum Gasteiger partial charge on any atom is -0.453 e. The molecule has 0 unspecified atom stereocenters. The molecule has 3 amide bonds. The second-order valence-corrected chi connectivity index (χ2v) is 21.1. The average Bonchev–Trinajstić information content (AvgIpc) is 4.22. The number of methoxy groups -OCH3 is 1. The second kappa shape index (κ2) is 20.5. The number of aromatic amines is 2. The summed E-state index contributed by atoms with van der Waals surface area (Å²) in [4.78, 5) is 62.3. The van der Waals surface area contributed by atoms with Crippen LogP contribution in [-0.2, 0) is 14.3 Å². The monoisotopic (exact) mass is 1030 g/mol. The van der Waals surface area contributed by atoms with Crippen molar-refractivity contribution in [2.75, 3.05) is 43.1 Å². The molecule has 4 aliphatic rings. The van der Waals surface area contributed by atoms with Crippen molar-refractivity contribution in [2.45, 2.75) is 122 Å². The van der Waals surface area contributed by atoms with Crippen LogP contribution in [0.15, 0.2) is 54.6 Å². The maximum absolute atomic E-state index is 16.9. The predicted molar refractivity (Wildman–Crippen MR) is 267 cm³/mol. The van der Waals surface area contributed by atoms with Crippen LogP contribution in [0.1, 0.15) is 144 Å². The van der Waals surface area contributed by atoms with Crippen LogP contribution >= 0.6 is 0 Å². The lowest BCUT2D eigenvalue weighted by Crippen LogP contribution is -2.51. The zero-order chi connectivity index (χ0) is 52.3. The van der Waals surface area contributed by atoms with E-state index in [1.807, 2.05) is 32.6 Å². The first kappa shape index (κ1) is 50.7. The van der Waals surface area contributed by atoms with Gasteiger partial charge < -0.3 is 39.6 Å². The molecule has 3 N–H and O–H groups in total. The van der Waals surface area contributed by atoms with Gasteiger partial charge in [-0.2, -0.15) is 0 Å². The van der Waals surface area contributed by atoms with E-state index >= 15 is 17.6 Å². The van der Waals surface area contributed by atoms with Crippen molar-refractivity contribution in [1.29, 1.82) is 0 Å². The number of H-pyrrole nitrogens is 2. The van der Waals surface area contributed by atoms with Gasteiger partial charge in [0.15, 0.2) is 11.6 Å². The molecule has 0 bridgehead atoms. The molecule has 0 radical (unpaired) electrons. The van der Waals surface area contributed by atoms with Gasteiger partial charge in [-0.1, -0.05) is 33.8 Å². The van der Waals surface area contributed by atoms with E-state index in [-0.39, 0.29) is 84.0 Å². The predicted octanol–water partition coefficient (Wildman–Crippen LogP) is 11.5. The van der Waals surface area contributed by atoms with Crippen molar-refractivity contribution in [1.82, 2.24) is 35.1 Å². The third-order valence-corrected chi connectivity index (χ3v) is 15.6. The van der Waals surface area contributed by atoms with Gasteiger partial charge in [-0.3, -0.25) is 9.59 Å². The largest absolute Gasteiger partial charge is 0.453 e. The molecule has 6 heterocycles. The fourth-order valence-corrected chi connectivity index (χ4v) is 12.0. The van der Waals surface area contributed by atoms with Gasteiger partial charge in [-0.25, -0.2) is 41.1 Å². The summed E-state index contributed by atoms with van der Waals surface area (Å²) in [7, 11) is 1.22. The highest BCUT2D eigenvalue weighted by Crippen LogP contribution is 2.50. The molecule has 10 rings (SSSR count). The molecular weight excluding hydrogens is 965 g/mol. The first-order valence-corrected chi connectivity index (χ1v) is 25.8. The number of anilines is 2. The maximum Gasteiger partial charge on any atom is 0.407 e. The molecule has 0 saturated carbocycles. The number of imidazole rings is 2. The van der Waals surface area contributed by atoms with Gasteiger partial charge in [-0.05, 0) is 105 Å². The molecule has 0 aliphatic carbocycles. The van der Waals surface area contributed by atoms with E-state index < -0.39 is 65.2 Å². The smallest absolute Gasteiger partial charge is 0.407 e. The normalized spacial score (nSPS) is 21.0. The highest BCUT2D eigenvalue weighted by atomic mass is 19.2. The van der Waals surface area contributed by atoms with Crippen molar-refractivity contribution < 1.29 is 45.5 Å². The highest BCUT2D eigenvalue weighted by molar-refractivity contribution is 5.87. The molecule has 13 nitrogen and oxygen atoms in total. The van der Waals surface area contributed by atoms with Crippen LogP contribution in [0.5, 0.6) is 0 Å². The first-order chi connectivity index (χ1) is 35.5. The molecule has 0 spiro atoms. The van der Waals surface area contributed by atoms with E-state index in [2.05, 4.69) is 15.3 Å². The van der Waals surface area contributed by atoms with E-state index in [1.165, 1.54) is 43.5 Å². The Hall–Kier alpha value is -6.79. The minimum atomic E-state index is -0.885. The third-order valence-electron chi connectivity index (χ3n) is 15.6. The fraction of sp³-hybridized carbons (Fsp3) is 0.473. The first-order valence-electron chi connectivity index (χ1n) is 25.8. The summed E-state index contributed by atoms with van der Waals surface area (Å²) in [6.07, 6.45) is 3.59. The summed E-state index contributed by atoms with van der Waals surface area (Å²) in [5.74, 6) is -4.08. The number of ether oxygens (including phenoxy) is 1. The number of aromatic nitrogens is 4. The Kier molecular flexibility index (Phi) is 14.0. The van der Waals surface area contributed by atoms with Crippen molar-refractivity contribution >= 4 is 51.3 Å². The molecule has 19 heteroatoms. The lowest BCUT2D eigenvalue weighted by molar-refractivity contribution is -0.135. The Morgan fingerprint density at radius 3 is 1.72 bits per heavy atom. The number of halogens is 6. The highest BCUT2D eigenvalue weighted by Gasteiger charge is 2.42. The molecule has 4 aromatic carbocycles. The van der Waals surface area contributed by atoms with Crippen LogP contribution in [0.2, 0.25) is 0 Å². The Morgan fingerprint density at radius 2 is 1.19 bits per heavy atom. The SMILES string of the molecule is COC(=O)N[C@H](C(=O)N1CCC[C@H]1c1nc2cc(F)c([C@H]3CC[C@H](c4cc5[nH]c([C@@H]6CCCN6C(=O)CC(C)C)nc5cc4F)N3c3cc(F)c(N4CCC(c5ccc(F)cc5F)CC4)c(F)c3)cc2[nH]1)C(C)C. The average molecular weight is 1030 g/mol. The molecule has 4 aliphatic heterocycles. The van der Waals surface area contributed by atoms with E-state index in [0.29, 0.717) is 90.9 Å². The molecule has 74 heavy (non-hydrogen) atoms. The van der Waals surface area contributed by atoms with Gasteiger partial charge in [0.1, 0.15) is 46.6 Å². The molecule has 4 fully saturated rings. The van der Waals surface area contributed by atoms with Crippen LogP contribution < -0.4 is 15.1 Å². The topological polar surface area (TPSA) is 143 Å². The maximum atomic E-state index is 16.9. The van der Waals surface area contributed by atoms with Gasteiger partial charge in [0.25, 0.3) is 0 Å². The summed E-state index contributed by atoms with van der Waals surface area (Å²) in [6.45, 7) is 8.99. The number of rotatable bonds is 12. The van der Waals surface area contributed by atoms with Crippen LogP contribution in [0.3, 0.4) is 0 Å². The summed E-state index contributed by atoms with van der Waals surface area (Å²) in [5, 5.41) is 2.64. The Bertz CT molecular complexity index is 3090. The molecule has 5 atom stereocenters. The molecule has 4 saturated heterocycles. The summed E-state index contributed by atoms with van der Waals surface area (Å²) in [6, 6.07) is 8.28. The molecule has 392 valence electrons. The molecule has 2 aromatic heterocycles. The van der Waals surface area contributed by atoms with E-state index in [9.17, 15) is 23.2 Å². The standard InChI is InChI=1S/C55H61F6N9O4/c1-28(2)20-49(71)68-16-6-8-47(68)52-62-41-24-34(37(58)26-43(41)64-52)45-12-13-46(70(45)32-22-39(60)51(40(61)23-32)67-18-14-30(15-19-67)33-11-10-31(56)21-36(33)57)35-25-42-44(27-38(35)59)65-53(63-42)48-9-7-17-69(48)54(72)50(29(3)4)66-55(73)74-5/h10-11,21-30,45-48,50H,6-9,12-20H2,1-5H3,(H,62,64)(H,63,65)(H,66,73)/t45-,46-,47+,48+,50+/m1/s1. The number of piperidine rings is 1. The van der Waals surface area contributed by atoms with Gasteiger partial charge in [0, 0.05) is 67.6 Å². The number of carbonyl (C=O) groups excluding carboxylic acids is 3. The number of hydrogen-bond acceptors (Lipinski definition) is 8. The number of carbonyl (C=O) groups is 3. The number of fused-ring (bicyclic) bond motifs is 2. The summed E-state index contributed by atoms with van der Waals surface area (Å²) < 4.78 is 100. The van der Waals surface area contributed by atoms with E-state index in [1.54, 1.807) is 26.8 Å². The van der Waals surface area contributed by atoms with Gasteiger partial charge in [0.05, 0.1) is 53.3 Å². The minimum absolute atomic E-state index is 0.0231. The Labute approximate surface area is 425 Å². The number of likely N-dealkylation sites (tertiary alicyclic amines) is 2. The lowest BCUT2D eigenvalue weighted by atomic mass is 9.89. The van der Waals surface area contributed by atoms with Crippen molar-refractivity contribution in [3.05, 3.63) is 118 Å².